The number of anilines is 1. The number of nitrogens with one attached hydrogen (secondary N) is 1. The monoisotopic (exact) mass is 393 g/mol. The predicted octanol–water partition coefficient (Wildman–Crippen LogP) is 3.75. The Balaban J connectivity index is 1.97. The number of rotatable bonds is 6. The van der Waals surface area contributed by atoms with E-state index in [4.69, 9.17) is 16.7 Å². The van der Waals surface area contributed by atoms with E-state index in [0.717, 1.165) is 42.1 Å². The lowest BCUT2D eigenvalue weighted by Crippen LogP contribution is -2.22. The van der Waals surface area contributed by atoms with E-state index in [9.17, 15) is 9.90 Å². The van der Waals surface area contributed by atoms with Gasteiger partial charge in [-0.1, -0.05) is 29.4 Å². The summed E-state index contributed by atoms with van der Waals surface area (Å²) in [6.45, 7) is 1.98. The number of carboxylic acid groups (broad SMARTS) is 1. The lowest BCUT2D eigenvalue weighted by Gasteiger charge is -2.21. The van der Waals surface area contributed by atoms with Crippen molar-refractivity contribution in [3.63, 3.8) is 0 Å². The van der Waals surface area contributed by atoms with Gasteiger partial charge in [0.25, 0.3) is 0 Å². The van der Waals surface area contributed by atoms with Gasteiger partial charge in [0.1, 0.15) is 5.03 Å². The fourth-order valence-electron chi connectivity index (χ4n) is 2.94. The highest BCUT2D eigenvalue weighted by atomic mass is 35.5. The number of nitrogens with zero attached hydrogens (tertiary/aromatic N) is 2. The van der Waals surface area contributed by atoms with E-state index in [1.54, 1.807) is 18.3 Å². The van der Waals surface area contributed by atoms with Crippen LogP contribution in [0, 0.1) is 0 Å². The molecule has 1 aliphatic rings. The molecule has 26 heavy (non-hydrogen) atoms. The number of benzene rings is 1. The number of aromatic nitrogens is 1. The van der Waals surface area contributed by atoms with Crippen molar-refractivity contribution in [1.82, 2.24) is 10.3 Å². The second-order valence-electron chi connectivity index (χ2n) is 6.00. The minimum Gasteiger partial charge on any atom is -0.465 e. The van der Waals surface area contributed by atoms with Crippen LogP contribution in [0.1, 0.15) is 24.0 Å². The third-order valence-corrected chi connectivity index (χ3v) is 5.88. The Hall–Kier alpha value is -1.96. The summed E-state index contributed by atoms with van der Waals surface area (Å²) in [7, 11) is 0. The first-order valence-electron chi connectivity index (χ1n) is 8.35. The van der Waals surface area contributed by atoms with Gasteiger partial charge in [0.15, 0.2) is 0 Å². The van der Waals surface area contributed by atoms with E-state index in [0.29, 0.717) is 15.6 Å². The zero-order valence-corrected chi connectivity index (χ0v) is 15.7. The molecule has 138 valence electrons. The van der Waals surface area contributed by atoms with Gasteiger partial charge in [-0.05, 0) is 36.6 Å². The Kier molecular flexibility index (Phi) is 6.24. The molecule has 0 bridgehead atoms. The zero-order valence-electron chi connectivity index (χ0n) is 14.1. The molecule has 3 N–H and O–H groups in total. The molecule has 0 unspecified atom stereocenters. The second kappa shape index (κ2) is 8.62. The van der Waals surface area contributed by atoms with Crippen LogP contribution in [-0.2, 0) is 13.2 Å². The van der Waals surface area contributed by atoms with Gasteiger partial charge in [-0.25, -0.2) is 9.78 Å². The van der Waals surface area contributed by atoms with Crippen molar-refractivity contribution in [2.45, 2.75) is 35.9 Å². The van der Waals surface area contributed by atoms with Gasteiger partial charge in [-0.2, -0.15) is 0 Å². The van der Waals surface area contributed by atoms with Gasteiger partial charge in [-0.3, -0.25) is 0 Å². The van der Waals surface area contributed by atoms with Crippen molar-refractivity contribution in [3.8, 4) is 0 Å². The highest BCUT2D eigenvalue weighted by Crippen LogP contribution is 2.39. The quantitative estimate of drug-likeness (QED) is 0.693. The van der Waals surface area contributed by atoms with Gasteiger partial charge >= 0.3 is 6.09 Å². The fraction of sp³-hybridized carbons (Fsp3) is 0.333. The number of hydrogen-bond donors (Lipinski definition) is 3. The molecular formula is C18H20ClN3O3S. The molecule has 0 aliphatic carbocycles. The molecule has 1 amide bonds. The van der Waals surface area contributed by atoms with Crippen LogP contribution in [0.15, 0.2) is 40.4 Å². The molecule has 3 rings (SSSR count). The molecule has 1 aromatic heterocycles. The Labute approximate surface area is 161 Å². The van der Waals surface area contributed by atoms with E-state index in [2.05, 4.69) is 15.2 Å². The maximum atomic E-state index is 11.0. The average molecular weight is 394 g/mol. The van der Waals surface area contributed by atoms with Gasteiger partial charge in [0, 0.05) is 42.0 Å². The number of hydrogen-bond acceptors (Lipinski definition) is 5. The standard InChI is InChI=1S/C18H20ClN3O3S/c19-15-9-14(22-6-1-2-7-22)8-13(10-21-18(24)25)16(15)26-17-12(11-23)4-3-5-20-17/h3-5,8-9,21,23H,1-2,6-7,10-11H2,(H,24,25). The van der Waals surface area contributed by atoms with E-state index in [-0.39, 0.29) is 13.2 Å². The van der Waals surface area contributed by atoms with E-state index >= 15 is 0 Å². The first-order valence-corrected chi connectivity index (χ1v) is 9.54. The smallest absolute Gasteiger partial charge is 0.404 e. The molecule has 2 heterocycles. The first-order chi connectivity index (χ1) is 12.6. The lowest BCUT2D eigenvalue weighted by atomic mass is 10.2. The number of aliphatic hydroxyl groups excluding tert-OH is 1. The molecule has 0 atom stereocenters. The molecule has 1 aromatic carbocycles. The number of halogens is 1. The molecule has 0 radical (unpaired) electrons. The summed E-state index contributed by atoms with van der Waals surface area (Å²) in [5.41, 5.74) is 2.50. The summed E-state index contributed by atoms with van der Waals surface area (Å²) in [6.07, 6.45) is 2.86. The Bertz CT molecular complexity index is 797. The Morgan fingerprint density at radius 3 is 2.77 bits per heavy atom. The largest absolute Gasteiger partial charge is 0.465 e. The van der Waals surface area contributed by atoms with Crippen LogP contribution in [0.3, 0.4) is 0 Å². The number of amides is 1. The summed E-state index contributed by atoms with van der Waals surface area (Å²) in [5, 5.41) is 22.1. The summed E-state index contributed by atoms with van der Waals surface area (Å²) >= 11 is 7.90. The Morgan fingerprint density at radius 1 is 1.31 bits per heavy atom. The van der Waals surface area contributed by atoms with Gasteiger partial charge < -0.3 is 20.4 Å². The highest BCUT2D eigenvalue weighted by molar-refractivity contribution is 7.99. The minimum absolute atomic E-state index is 0.123. The predicted molar refractivity (Wildman–Crippen MR) is 102 cm³/mol. The van der Waals surface area contributed by atoms with Crippen LogP contribution < -0.4 is 10.2 Å². The van der Waals surface area contributed by atoms with Crippen molar-refractivity contribution in [3.05, 3.63) is 46.6 Å². The normalized spacial score (nSPS) is 13.8. The van der Waals surface area contributed by atoms with Crippen LogP contribution in [0.25, 0.3) is 0 Å². The van der Waals surface area contributed by atoms with Crippen LogP contribution in [-0.4, -0.2) is 34.4 Å². The minimum atomic E-state index is -1.09. The SMILES string of the molecule is O=C(O)NCc1cc(N2CCCC2)cc(Cl)c1Sc1ncccc1CO. The molecule has 0 spiro atoms. The third-order valence-electron chi connectivity index (χ3n) is 4.23. The molecule has 6 nitrogen and oxygen atoms in total. The molecule has 0 saturated carbocycles. The van der Waals surface area contributed by atoms with E-state index < -0.39 is 6.09 Å². The number of aliphatic hydroxyl groups is 1. The number of pyridine rings is 1. The van der Waals surface area contributed by atoms with E-state index in [1.807, 2.05) is 12.1 Å². The maximum absolute atomic E-state index is 11.0. The van der Waals surface area contributed by atoms with Gasteiger partial charge in [-0.15, -0.1) is 0 Å². The zero-order chi connectivity index (χ0) is 18.5. The summed E-state index contributed by atoms with van der Waals surface area (Å²) in [6, 6.07) is 7.47. The highest BCUT2D eigenvalue weighted by Gasteiger charge is 2.19. The first kappa shape index (κ1) is 18.8. The Morgan fingerprint density at radius 2 is 2.08 bits per heavy atom. The molecule has 2 aromatic rings. The van der Waals surface area contributed by atoms with E-state index in [1.165, 1.54) is 11.8 Å². The van der Waals surface area contributed by atoms with Gasteiger partial charge in [0.2, 0.25) is 0 Å². The van der Waals surface area contributed by atoms with Crippen LogP contribution >= 0.6 is 23.4 Å². The molecule has 8 heteroatoms. The molecular weight excluding hydrogens is 374 g/mol. The van der Waals surface area contributed by atoms with Crippen molar-refractivity contribution in [1.29, 1.82) is 0 Å². The van der Waals surface area contributed by atoms with Crippen LogP contribution in [0.4, 0.5) is 10.5 Å². The van der Waals surface area contributed by atoms with Gasteiger partial charge in [0.05, 0.1) is 11.6 Å². The van der Waals surface area contributed by atoms with Crippen molar-refractivity contribution >= 4 is 35.1 Å². The van der Waals surface area contributed by atoms with Crippen LogP contribution in [0.2, 0.25) is 5.02 Å². The van der Waals surface area contributed by atoms with Crippen LogP contribution in [0.5, 0.6) is 0 Å². The fourth-order valence-corrected chi connectivity index (χ4v) is 4.28. The maximum Gasteiger partial charge on any atom is 0.404 e. The van der Waals surface area contributed by atoms with Crippen molar-refractivity contribution in [2.24, 2.45) is 0 Å². The summed E-state index contributed by atoms with van der Waals surface area (Å²) in [4.78, 5) is 18.3. The lowest BCUT2D eigenvalue weighted by molar-refractivity contribution is 0.194. The summed E-state index contributed by atoms with van der Waals surface area (Å²) < 4.78 is 0. The van der Waals surface area contributed by atoms with Crippen molar-refractivity contribution < 1.29 is 15.0 Å². The molecule has 1 fully saturated rings. The third kappa shape index (κ3) is 4.41. The average Bonchev–Trinajstić information content (AvgIpc) is 3.17. The number of carbonyl (C=O) groups is 1. The molecule has 1 aliphatic heterocycles. The summed E-state index contributed by atoms with van der Waals surface area (Å²) in [5.74, 6) is 0. The second-order valence-corrected chi connectivity index (χ2v) is 7.40. The topological polar surface area (TPSA) is 85.7 Å². The molecule has 1 saturated heterocycles. The van der Waals surface area contributed by atoms with Crippen molar-refractivity contribution in [2.75, 3.05) is 18.0 Å².